The molecule has 0 spiro atoms. The highest BCUT2D eigenvalue weighted by atomic mass is 19.1. The van der Waals surface area contributed by atoms with Gasteiger partial charge in [0.05, 0.1) is 0 Å². The van der Waals surface area contributed by atoms with E-state index in [4.69, 9.17) is 15.2 Å². The van der Waals surface area contributed by atoms with Crippen molar-refractivity contribution in [2.75, 3.05) is 25.2 Å². The predicted octanol–water partition coefficient (Wildman–Crippen LogP) is 4.43. The zero-order chi connectivity index (χ0) is 25.0. The summed E-state index contributed by atoms with van der Waals surface area (Å²) in [6.45, 7) is 5.21. The largest absolute Gasteiger partial charge is 0.454 e. The third-order valence-corrected chi connectivity index (χ3v) is 5.75. The maximum atomic E-state index is 13.7. The minimum absolute atomic E-state index is 0.142. The van der Waals surface area contributed by atoms with Crippen molar-refractivity contribution < 1.29 is 23.5 Å². The van der Waals surface area contributed by atoms with E-state index in [2.05, 4.69) is 5.32 Å². The van der Waals surface area contributed by atoms with Gasteiger partial charge in [0.1, 0.15) is 5.82 Å². The normalized spacial score (nSPS) is 12.3. The van der Waals surface area contributed by atoms with Crippen LogP contribution in [0.3, 0.4) is 0 Å². The van der Waals surface area contributed by atoms with Crippen LogP contribution in [-0.4, -0.2) is 36.6 Å². The molecule has 0 aliphatic carbocycles. The van der Waals surface area contributed by atoms with Crippen molar-refractivity contribution in [2.24, 2.45) is 11.1 Å². The van der Waals surface area contributed by atoms with Gasteiger partial charge in [0.15, 0.2) is 11.5 Å². The number of fused-ring (bicyclic) bond motifs is 1. The van der Waals surface area contributed by atoms with E-state index in [1.807, 2.05) is 26.0 Å². The van der Waals surface area contributed by atoms with Crippen molar-refractivity contribution in [1.82, 2.24) is 4.90 Å². The summed E-state index contributed by atoms with van der Waals surface area (Å²) in [5.41, 5.74) is 7.80. The standard InChI is InChI=1S/C27H28FN3O4/c1-27(2,15-29)16-31(26(33)20-4-3-5-21(28)12-20)14-18-6-9-22(10-7-18)30-25(32)19-8-11-23-24(13-19)35-17-34-23/h3-13H,14-17,29H2,1-2H3,(H,30,32). The topological polar surface area (TPSA) is 93.9 Å². The monoisotopic (exact) mass is 477 g/mol. The van der Waals surface area contributed by atoms with Crippen LogP contribution in [-0.2, 0) is 6.54 Å². The number of hydrogen-bond donors (Lipinski definition) is 2. The average molecular weight is 478 g/mol. The summed E-state index contributed by atoms with van der Waals surface area (Å²) in [6.07, 6.45) is 0. The molecule has 7 nitrogen and oxygen atoms in total. The molecule has 0 bridgehead atoms. The fourth-order valence-electron chi connectivity index (χ4n) is 3.74. The first kappa shape index (κ1) is 24.2. The van der Waals surface area contributed by atoms with Gasteiger partial charge in [-0.3, -0.25) is 9.59 Å². The Morgan fingerprint density at radius 1 is 1.00 bits per heavy atom. The summed E-state index contributed by atoms with van der Waals surface area (Å²) in [5.74, 6) is 0.142. The third kappa shape index (κ3) is 5.96. The molecule has 1 aliphatic heterocycles. The molecule has 0 aromatic heterocycles. The van der Waals surface area contributed by atoms with Gasteiger partial charge in [-0.05, 0) is 66.1 Å². The van der Waals surface area contributed by atoms with Gasteiger partial charge in [-0.1, -0.05) is 32.0 Å². The number of amides is 2. The van der Waals surface area contributed by atoms with Crippen LogP contribution >= 0.6 is 0 Å². The van der Waals surface area contributed by atoms with Crippen LogP contribution in [0.25, 0.3) is 0 Å². The van der Waals surface area contributed by atoms with Crippen LogP contribution in [0.1, 0.15) is 40.1 Å². The lowest BCUT2D eigenvalue weighted by molar-refractivity contribution is 0.0672. The molecule has 0 radical (unpaired) electrons. The van der Waals surface area contributed by atoms with Crippen molar-refractivity contribution in [3.63, 3.8) is 0 Å². The first-order valence-corrected chi connectivity index (χ1v) is 11.3. The summed E-state index contributed by atoms with van der Waals surface area (Å²) < 4.78 is 24.3. The molecule has 8 heteroatoms. The molecule has 3 N–H and O–H groups in total. The molecule has 3 aromatic rings. The molecule has 0 fully saturated rings. The van der Waals surface area contributed by atoms with Crippen LogP contribution < -0.4 is 20.5 Å². The second-order valence-electron chi connectivity index (χ2n) is 9.26. The molecule has 2 amide bonds. The number of nitrogens with zero attached hydrogens (tertiary/aromatic N) is 1. The van der Waals surface area contributed by atoms with Crippen molar-refractivity contribution in [1.29, 1.82) is 0 Å². The van der Waals surface area contributed by atoms with Gasteiger partial charge >= 0.3 is 0 Å². The fourth-order valence-corrected chi connectivity index (χ4v) is 3.74. The molecule has 1 heterocycles. The number of carbonyl (C=O) groups excluding carboxylic acids is 2. The van der Waals surface area contributed by atoms with E-state index in [0.29, 0.717) is 42.4 Å². The van der Waals surface area contributed by atoms with Crippen molar-refractivity contribution in [3.05, 3.63) is 89.2 Å². The molecule has 4 rings (SSSR count). The predicted molar refractivity (Wildman–Crippen MR) is 131 cm³/mol. The fraction of sp³-hybridized carbons (Fsp3) is 0.259. The number of nitrogens with two attached hydrogens (primary N) is 1. The summed E-state index contributed by atoms with van der Waals surface area (Å²) in [4.78, 5) is 27.5. The average Bonchev–Trinajstić information content (AvgIpc) is 3.32. The molecule has 182 valence electrons. The maximum Gasteiger partial charge on any atom is 0.255 e. The van der Waals surface area contributed by atoms with E-state index < -0.39 is 5.82 Å². The second kappa shape index (κ2) is 10.1. The third-order valence-electron chi connectivity index (χ3n) is 5.75. The van der Waals surface area contributed by atoms with Crippen LogP contribution in [0.15, 0.2) is 66.7 Å². The molecule has 3 aromatic carbocycles. The Bertz CT molecular complexity index is 1230. The number of carbonyl (C=O) groups is 2. The van der Waals surface area contributed by atoms with Crippen molar-refractivity contribution in [3.8, 4) is 11.5 Å². The Morgan fingerprint density at radius 3 is 2.46 bits per heavy atom. The van der Waals surface area contributed by atoms with Gasteiger partial charge in [0, 0.05) is 29.9 Å². The molecular formula is C27H28FN3O4. The summed E-state index contributed by atoms with van der Waals surface area (Å²) in [7, 11) is 0. The van der Waals surface area contributed by atoms with Crippen LogP contribution in [0.4, 0.5) is 10.1 Å². The first-order chi connectivity index (χ1) is 16.7. The number of anilines is 1. The van der Waals surface area contributed by atoms with Gasteiger partial charge in [0.25, 0.3) is 11.8 Å². The van der Waals surface area contributed by atoms with Gasteiger partial charge in [0.2, 0.25) is 6.79 Å². The highest BCUT2D eigenvalue weighted by Gasteiger charge is 2.25. The van der Waals surface area contributed by atoms with E-state index in [9.17, 15) is 14.0 Å². The maximum absolute atomic E-state index is 13.7. The summed E-state index contributed by atoms with van der Waals surface area (Å²) >= 11 is 0. The van der Waals surface area contributed by atoms with Crippen LogP contribution in [0, 0.1) is 11.2 Å². The lowest BCUT2D eigenvalue weighted by atomic mass is 9.92. The quantitative estimate of drug-likeness (QED) is 0.501. The Morgan fingerprint density at radius 2 is 1.74 bits per heavy atom. The molecule has 0 saturated carbocycles. The molecule has 0 atom stereocenters. The number of halogens is 1. The SMILES string of the molecule is CC(C)(CN)CN(Cc1ccc(NC(=O)c2ccc3c(c2)OCO3)cc1)C(=O)c1cccc(F)c1. The number of nitrogens with one attached hydrogen (secondary N) is 1. The minimum atomic E-state index is -0.462. The van der Waals surface area contributed by atoms with E-state index in [0.717, 1.165) is 5.56 Å². The van der Waals surface area contributed by atoms with Crippen LogP contribution in [0.2, 0.25) is 0 Å². The molecule has 0 unspecified atom stereocenters. The Balaban J connectivity index is 1.46. The second-order valence-corrected chi connectivity index (χ2v) is 9.26. The summed E-state index contributed by atoms with van der Waals surface area (Å²) in [5, 5.41) is 2.86. The van der Waals surface area contributed by atoms with Gasteiger partial charge < -0.3 is 25.4 Å². The zero-order valence-electron chi connectivity index (χ0n) is 19.7. The van der Waals surface area contributed by atoms with Gasteiger partial charge in [-0.2, -0.15) is 0 Å². The highest BCUT2D eigenvalue weighted by Crippen LogP contribution is 2.32. The Hall–Kier alpha value is -3.91. The molecule has 1 aliphatic rings. The minimum Gasteiger partial charge on any atom is -0.454 e. The molecule has 0 saturated heterocycles. The Kier molecular flexibility index (Phi) is 7.02. The number of benzene rings is 3. The lowest BCUT2D eigenvalue weighted by Crippen LogP contribution is -2.41. The number of ether oxygens (including phenoxy) is 2. The first-order valence-electron chi connectivity index (χ1n) is 11.3. The lowest BCUT2D eigenvalue weighted by Gasteiger charge is -2.32. The van der Waals surface area contributed by atoms with E-state index >= 15 is 0 Å². The zero-order valence-corrected chi connectivity index (χ0v) is 19.7. The summed E-state index contributed by atoms with van der Waals surface area (Å²) in [6, 6.07) is 17.9. The number of rotatable bonds is 8. The van der Waals surface area contributed by atoms with Gasteiger partial charge in [-0.15, -0.1) is 0 Å². The smallest absolute Gasteiger partial charge is 0.255 e. The molecular weight excluding hydrogens is 449 g/mol. The van der Waals surface area contributed by atoms with Crippen molar-refractivity contribution in [2.45, 2.75) is 20.4 Å². The highest BCUT2D eigenvalue weighted by molar-refractivity contribution is 6.04. The Labute approximate surface area is 203 Å². The number of hydrogen-bond acceptors (Lipinski definition) is 5. The van der Waals surface area contributed by atoms with E-state index in [1.54, 1.807) is 41.3 Å². The van der Waals surface area contributed by atoms with Crippen LogP contribution in [0.5, 0.6) is 11.5 Å². The van der Waals surface area contributed by atoms with Gasteiger partial charge in [-0.25, -0.2) is 4.39 Å². The van der Waals surface area contributed by atoms with E-state index in [-0.39, 0.29) is 29.6 Å². The molecule has 35 heavy (non-hydrogen) atoms. The van der Waals surface area contributed by atoms with Crippen molar-refractivity contribution >= 4 is 17.5 Å². The van der Waals surface area contributed by atoms with E-state index in [1.165, 1.54) is 18.2 Å².